The zero-order valence-electron chi connectivity index (χ0n) is 10.9. The number of rotatable bonds is 6. The second-order valence-corrected chi connectivity index (χ2v) is 4.80. The number of unbranched alkanes of at least 4 members (excludes halogenated alkanes) is 2. The summed E-state index contributed by atoms with van der Waals surface area (Å²) in [6.45, 7) is 6.66. The van der Waals surface area contributed by atoms with Crippen molar-refractivity contribution in [3.8, 4) is 0 Å². The fourth-order valence-electron chi connectivity index (χ4n) is 1.68. The summed E-state index contributed by atoms with van der Waals surface area (Å²) in [7, 11) is 0. The average Bonchev–Trinajstić information content (AvgIpc) is 2.28. The van der Waals surface area contributed by atoms with Gasteiger partial charge < -0.3 is 0 Å². The van der Waals surface area contributed by atoms with Crippen molar-refractivity contribution in [2.45, 2.75) is 46.5 Å². The van der Waals surface area contributed by atoms with E-state index in [1.54, 1.807) is 0 Å². The Morgan fingerprint density at radius 1 is 1.06 bits per heavy atom. The molecule has 0 nitrogen and oxygen atoms in total. The van der Waals surface area contributed by atoms with Crippen LogP contribution in [0.1, 0.15) is 51.2 Å². The molecule has 0 radical (unpaired) electrons. The van der Waals surface area contributed by atoms with Gasteiger partial charge in [-0.1, -0.05) is 70.0 Å². The fourth-order valence-corrected chi connectivity index (χ4v) is 1.68. The minimum absolute atomic E-state index is 0.629. The van der Waals surface area contributed by atoms with E-state index in [2.05, 4.69) is 57.2 Å². The van der Waals surface area contributed by atoms with Gasteiger partial charge >= 0.3 is 0 Å². The van der Waals surface area contributed by atoms with Crippen LogP contribution in [0, 0.1) is 5.92 Å². The van der Waals surface area contributed by atoms with E-state index in [1.807, 2.05) is 0 Å². The van der Waals surface area contributed by atoms with Crippen molar-refractivity contribution in [1.82, 2.24) is 0 Å². The first-order valence-electron chi connectivity index (χ1n) is 6.49. The lowest BCUT2D eigenvalue weighted by molar-refractivity contribution is 0.717. The van der Waals surface area contributed by atoms with Gasteiger partial charge in [-0.05, 0) is 29.9 Å². The Morgan fingerprint density at radius 2 is 1.75 bits per heavy atom. The maximum Gasteiger partial charge on any atom is -0.0260 e. The minimum Gasteiger partial charge on any atom is -0.0814 e. The topological polar surface area (TPSA) is 0 Å². The van der Waals surface area contributed by atoms with E-state index >= 15 is 0 Å². The monoisotopic (exact) mass is 216 g/mol. The number of hydrogen-bond acceptors (Lipinski definition) is 0. The first-order chi connectivity index (χ1) is 7.72. The molecule has 0 saturated carbocycles. The third kappa shape index (κ3) is 5.16. The average molecular weight is 216 g/mol. The summed E-state index contributed by atoms with van der Waals surface area (Å²) in [5.41, 5.74) is 2.78. The summed E-state index contributed by atoms with van der Waals surface area (Å²) in [5.74, 6) is 0.629. The van der Waals surface area contributed by atoms with Gasteiger partial charge in [0.05, 0.1) is 0 Å². The molecule has 0 spiro atoms. The standard InChI is InChI=1S/C16H24/c1-4-5-6-7-15-10-12-16(13-11-15)9-8-14(2)3/h8-14H,4-7H2,1-3H3/b9-8+. The molecule has 1 aromatic carbocycles. The van der Waals surface area contributed by atoms with Crippen molar-refractivity contribution in [3.05, 3.63) is 41.5 Å². The molecule has 0 unspecified atom stereocenters. The molecule has 16 heavy (non-hydrogen) atoms. The molecule has 0 saturated heterocycles. The molecule has 0 atom stereocenters. The Morgan fingerprint density at radius 3 is 2.31 bits per heavy atom. The lowest BCUT2D eigenvalue weighted by atomic mass is 10.0. The van der Waals surface area contributed by atoms with Crippen LogP contribution in [0.5, 0.6) is 0 Å². The van der Waals surface area contributed by atoms with Crippen LogP contribution in [0.15, 0.2) is 30.3 Å². The summed E-state index contributed by atoms with van der Waals surface area (Å²) >= 11 is 0. The molecule has 0 aliphatic heterocycles. The van der Waals surface area contributed by atoms with Crippen molar-refractivity contribution in [1.29, 1.82) is 0 Å². The Hall–Kier alpha value is -1.04. The lowest BCUT2D eigenvalue weighted by Crippen LogP contribution is -1.85. The van der Waals surface area contributed by atoms with E-state index in [4.69, 9.17) is 0 Å². The van der Waals surface area contributed by atoms with Crippen LogP contribution in [0.2, 0.25) is 0 Å². The van der Waals surface area contributed by atoms with Crippen LogP contribution in [0.4, 0.5) is 0 Å². The second kappa shape index (κ2) is 7.27. The van der Waals surface area contributed by atoms with E-state index in [9.17, 15) is 0 Å². The zero-order valence-corrected chi connectivity index (χ0v) is 10.9. The van der Waals surface area contributed by atoms with Crippen molar-refractivity contribution >= 4 is 6.08 Å². The highest BCUT2D eigenvalue weighted by Crippen LogP contribution is 2.10. The predicted octanol–water partition coefficient (Wildman–Crippen LogP) is 5.09. The van der Waals surface area contributed by atoms with Gasteiger partial charge in [-0.2, -0.15) is 0 Å². The van der Waals surface area contributed by atoms with Crippen molar-refractivity contribution in [3.63, 3.8) is 0 Å². The van der Waals surface area contributed by atoms with Crippen LogP contribution < -0.4 is 0 Å². The molecule has 0 aliphatic rings. The molecule has 0 bridgehead atoms. The van der Waals surface area contributed by atoms with Gasteiger partial charge in [0.2, 0.25) is 0 Å². The zero-order chi connectivity index (χ0) is 11.8. The highest BCUT2D eigenvalue weighted by Gasteiger charge is 1.93. The molecule has 0 N–H and O–H groups in total. The molecule has 1 aromatic rings. The maximum absolute atomic E-state index is 2.26. The quantitative estimate of drug-likeness (QED) is 0.581. The SMILES string of the molecule is CCCCCc1ccc(/C=C/C(C)C)cc1. The van der Waals surface area contributed by atoms with Crippen molar-refractivity contribution < 1.29 is 0 Å². The Labute approximate surface area is 100 Å². The number of benzene rings is 1. The van der Waals surface area contributed by atoms with E-state index in [0.717, 1.165) is 0 Å². The van der Waals surface area contributed by atoms with E-state index in [-0.39, 0.29) is 0 Å². The van der Waals surface area contributed by atoms with Crippen LogP contribution in [-0.4, -0.2) is 0 Å². The largest absolute Gasteiger partial charge is 0.0814 e. The smallest absolute Gasteiger partial charge is 0.0260 e. The number of hydrogen-bond donors (Lipinski definition) is 0. The summed E-state index contributed by atoms with van der Waals surface area (Å²) in [4.78, 5) is 0. The molecule has 88 valence electrons. The van der Waals surface area contributed by atoms with E-state index in [1.165, 1.54) is 36.8 Å². The van der Waals surface area contributed by atoms with Gasteiger partial charge in [0.1, 0.15) is 0 Å². The predicted molar refractivity (Wildman–Crippen MR) is 73.5 cm³/mol. The molecule has 1 rings (SSSR count). The molecule has 0 aliphatic carbocycles. The molecule has 0 fully saturated rings. The van der Waals surface area contributed by atoms with Crippen LogP contribution in [0.25, 0.3) is 6.08 Å². The molecule has 0 aromatic heterocycles. The Bertz CT molecular complexity index is 303. The van der Waals surface area contributed by atoms with E-state index < -0.39 is 0 Å². The third-order valence-electron chi connectivity index (χ3n) is 2.72. The highest BCUT2D eigenvalue weighted by molar-refractivity contribution is 5.49. The van der Waals surface area contributed by atoms with Gasteiger partial charge in [0.15, 0.2) is 0 Å². The first-order valence-corrected chi connectivity index (χ1v) is 6.49. The van der Waals surface area contributed by atoms with Gasteiger partial charge in [-0.3, -0.25) is 0 Å². The third-order valence-corrected chi connectivity index (χ3v) is 2.72. The molecular weight excluding hydrogens is 192 g/mol. The van der Waals surface area contributed by atoms with Crippen molar-refractivity contribution in [2.24, 2.45) is 5.92 Å². The Balaban J connectivity index is 2.47. The summed E-state index contributed by atoms with van der Waals surface area (Å²) in [6, 6.07) is 8.96. The highest BCUT2D eigenvalue weighted by atomic mass is 14.0. The van der Waals surface area contributed by atoms with E-state index in [0.29, 0.717) is 5.92 Å². The maximum atomic E-state index is 2.26. The molecule has 0 heterocycles. The summed E-state index contributed by atoms with van der Waals surface area (Å²) in [5, 5.41) is 0. The van der Waals surface area contributed by atoms with Gasteiger partial charge in [-0.25, -0.2) is 0 Å². The normalized spacial score (nSPS) is 11.5. The first kappa shape index (κ1) is 13.0. The van der Waals surface area contributed by atoms with Gasteiger partial charge in [-0.15, -0.1) is 0 Å². The fraction of sp³-hybridized carbons (Fsp3) is 0.500. The van der Waals surface area contributed by atoms with Crippen LogP contribution >= 0.6 is 0 Å². The lowest BCUT2D eigenvalue weighted by Gasteiger charge is -2.01. The second-order valence-electron chi connectivity index (χ2n) is 4.80. The molecule has 0 heteroatoms. The summed E-state index contributed by atoms with van der Waals surface area (Å²) < 4.78 is 0. The molecule has 0 amide bonds. The molecular formula is C16H24. The minimum atomic E-state index is 0.629. The van der Waals surface area contributed by atoms with Crippen molar-refractivity contribution in [2.75, 3.05) is 0 Å². The van der Waals surface area contributed by atoms with Gasteiger partial charge in [0, 0.05) is 0 Å². The summed E-state index contributed by atoms with van der Waals surface area (Å²) in [6.07, 6.45) is 9.64. The van der Waals surface area contributed by atoms with Crippen LogP contribution in [0.3, 0.4) is 0 Å². The number of allylic oxidation sites excluding steroid dienone is 1. The Kier molecular flexibility index (Phi) is 5.92. The van der Waals surface area contributed by atoms with Gasteiger partial charge in [0.25, 0.3) is 0 Å². The van der Waals surface area contributed by atoms with Crippen LogP contribution in [-0.2, 0) is 6.42 Å². The number of aryl methyl sites for hydroxylation is 1.